The molecule has 0 saturated heterocycles. The molecule has 1 unspecified atom stereocenters. The van der Waals surface area contributed by atoms with Crippen molar-refractivity contribution < 1.29 is 13.9 Å². The maximum atomic E-state index is 11.3. The van der Waals surface area contributed by atoms with Crippen molar-refractivity contribution in [1.82, 2.24) is 0 Å². The van der Waals surface area contributed by atoms with Crippen LogP contribution in [-0.2, 0) is 0 Å². The third kappa shape index (κ3) is 4.46. The number of hydrogen-bond acceptors (Lipinski definition) is 5. The molecule has 8 heteroatoms. The molecule has 1 atom stereocenters. The van der Waals surface area contributed by atoms with Crippen molar-refractivity contribution >= 4 is 40.1 Å². The maximum Gasteiger partial charge on any atom is 0.271 e. The van der Waals surface area contributed by atoms with Gasteiger partial charge in [0.05, 0.1) is 10.6 Å². The third-order valence-corrected chi connectivity index (χ3v) is 8.60. The minimum absolute atomic E-state index is 0.0331. The number of nitro benzene ring substituents is 1. The monoisotopic (exact) mass is 476 g/mol. The molecule has 0 spiro atoms. The van der Waals surface area contributed by atoms with Gasteiger partial charge in [0.2, 0.25) is 7.28 Å². The molecule has 0 bridgehead atoms. The summed E-state index contributed by atoms with van der Waals surface area (Å²) < 4.78 is 18.3. The summed E-state index contributed by atoms with van der Waals surface area (Å²) in [7, 11) is -2.83. The smallest absolute Gasteiger partial charge is 0.271 e. The van der Waals surface area contributed by atoms with E-state index in [2.05, 4.69) is 15.9 Å². The summed E-state index contributed by atoms with van der Waals surface area (Å²) >= 11 is 3.48. The Morgan fingerprint density at radius 3 is 2.34 bits per heavy atom. The Kier molecular flexibility index (Phi) is 6.01. The third-order valence-electron chi connectivity index (χ3n) is 4.30. The normalized spacial score (nSPS) is 13.6. The zero-order valence-electron chi connectivity index (χ0n) is 16.6. The highest BCUT2D eigenvalue weighted by molar-refractivity contribution is 9.10. The highest BCUT2D eigenvalue weighted by Crippen LogP contribution is 2.62. The number of aryl methyl sites for hydroxylation is 1. The summed E-state index contributed by atoms with van der Waals surface area (Å²) in [5, 5.41) is 10.9. The lowest BCUT2D eigenvalue weighted by atomic mass is 10.3. The average Bonchev–Trinajstić information content (AvgIpc) is 3.09. The van der Waals surface area contributed by atoms with E-state index in [1.54, 1.807) is 6.07 Å². The van der Waals surface area contributed by atoms with Gasteiger partial charge in [-0.1, -0.05) is 39.0 Å². The van der Waals surface area contributed by atoms with Crippen LogP contribution in [0.3, 0.4) is 0 Å². The number of nitrogens with zero attached hydrogens (tertiary/aromatic N) is 2. The van der Waals surface area contributed by atoms with Crippen LogP contribution in [0.4, 0.5) is 11.4 Å². The van der Waals surface area contributed by atoms with Gasteiger partial charge in [0.25, 0.3) is 5.69 Å². The van der Waals surface area contributed by atoms with Crippen molar-refractivity contribution in [2.45, 2.75) is 32.9 Å². The SMILES string of the molecule is Cc1ccc(P(=Nc2cc([N+](=O)[O-])ccc2Br)(Oc2ccccc2)C(C)(C)C)o1. The van der Waals surface area contributed by atoms with E-state index >= 15 is 0 Å². The topological polar surface area (TPSA) is 77.9 Å². The van der Waals surface area contributed by atoms with Gasteiger partial charge < -0.3 is 8.94 Å². The summed E-state index contributed by atoms with van der Waals surface area (Å²) in [5.41, 5.74) is 1.05. The van der Waals surface area contributed by atoms with E-state index in [-0.39, 0.29) is 5.69 Å². The van der Waals surface area contributed by atoms with Crippen LogP contribution < -0.4 is 10.0 Å². The molecule has 1 heterocycles. The van der Waals surface area contributed by atoms with Gasteiger partial charge in [0.1, 0.15) is 11.5 Å². The number of halogens is 1. The van der Waals surface area contributed by atoms with Crippen molar-refractivity contribution in [2.75, 3.05) is 0 Å². The van der Waals surface area contributed by atoms with Crippen molar-refractivity contribution in [3.63, 3.8) is 0 Å². The molecule has 3 aromatic rings. The first-order valence-corrected chi connectivity index (χ1v) is 11.5. The fraction of sp³-hybridized carbons (Fsp3) is 0.238. The van der Waals surface area contributed by atoms with Gasteiger partial charge in [0.15, 0.2) is 5.50 Å². The standard InChI is InChI=1S/C21H22BrN2O4P/c1-15-10-13-20(27-15)29(21(2,3)4,28-17-8-6-5-7-9-17)23-19-14-16(24(25)26)11-12-18(19)22/h5-14H,1-4H3. The highest BCUT2D eigenvalue weighted by atomic mass is 79.9. The molecule has 0 aliphatic heterocycles. The van der Waals surface area contributed by atoms with Crippen molar-refractivity contribution in [3.8, 4) is 5.75 Å². The molecule has 6 nitrogen and oxygen atoms in total. The van der Waals surface area contributed by atoms with Crippen LogP contribution in [0.15, 0.2) is 74.3 Å². The Morgan fingerprint density at radius 2 is 1.79 bits per heavy atom. The second-order valence-corrected chi connectivity index (χ2v) is 11.7. The van der Waals surface area contributed by atoms with E-state index in [0.717, 1.165) is 5.76 Å². The molecule has 29 heavy (non-hydrogen) atoms. The molecule has 0 aliphatic carbocycles. The molecule has 3 rings (SSSR count). The minimum atomic E-state index is -2.83. The van der Waals surface area contributed by atoms with E-state index in [9.17, 15) is 10.1 Å². The maximum absolute atomic E-state index is 11.3. The molecule has 0 radical (unpaired) electrons. The second kappa shape index (κ2) is 8.17. The number of non-ortho nitro benzene ring substituents is 1. The van der Waals surface area contributed by atoms with Crippen molar-refractivity contribution in [2.24, 2.45) is 4.74 Å². The number of benzene rings is 2. The first kappa shape index (κ1) is 21.3. The van der Waals surface area contributed by atoms with Crippen LogP contribution in [-0.4, -0.2) is 10.1 Å². The summed E-state index contributed by atoms with van der Waals surface area (Å²) in [4.78, 5) is 10.9. The predicted octanol–water partition coefficient (Wildman–Crippen LogP) is 7.21. The zero-order valence-corrected chi connectivity index (χ0v) is 19.1. The summed E-state index contributed by atoms with van der Waals surface area (Å²) in [5.74, 6) is 1.41. The quantitative estimate of drug-likeness (QED) is 0.221. The molecule has 0 N–H and O–H groups in total. The molecule has 1 aromatic heterocycles. The Morgan fingerprint density at radius 1 is 1.10 bits per heavy atom. The Bertz CT molecular complexity index is 1090. The minimum Gasteiger partial charge on any atom is -0.457 e. The predicted molar refractivity (Wildman–Crippen MR) is 120 cm³/mol. The number of hydrogen-bond donors (Lipinski definition) is 0. The molecular formula is C21H22BrN2O4P. The second-order valence-electron chi connectivity index (χ2n) is 7.53. The van der Waals surface area contributed by atoms with E-state index in [0.29, 0.717) is 21.4 Å². The van der Waals surface area contributed by atoms with Gasteiger partial charge in [-0.15, -0.1) is 0 Å². The lowest BCUT2D eigenvalue weighted by Gasteiger charge is -2.35. The van der Waals surface area contributed by atoms with Gasteiger partial charge in [-0.05, 0) is 53.2 Å². The largest absolute Gasteiger partial charge is 0.457 e. The van der Waals surface area contributed by atoms with Crippen molar-refractivity contribution in [1.29, 1.82) is 0 Å². The van der Waals surface area contributed by atoms with Gasteiger partial charge in [-0.2, -0.15) is 0 Å². The first-order valence-electron chi connectivity index (χ1n) is 9.00. The van der Waals surface area contributed by atoms with E-state index < -0.39 is 17.4 Å². The number of rotatable bonds is 5. The highest BCUT2D eigenvalue weighted by Gasteiger charge is 2.42. The summed E-state index contributed by atoms with van der Waals surface area (Å²) in [6, 6.07) is 17.7. The fourth-order valence-electron chi connectivity index (χ4n) is 2.79. The number of furan rings is 1. The Labute approximate surface area is 178 Å². The summed E-state index contributed by atoms with van der Waals surface area (Å²) in [6.07, 6.45) is 0. The average molecular weight is 477 g/mol. The molecular weight excluding hydrogens is 455 g/mol. The molecule has 0 aliphatic rings. The van der Waals surface area contributed by atoms with Gasteiger partial charge in [0, 0.05) is 21.8 Å². The van der Waals surface area contributed by atoms with Crippen LogP contribution in [0.25, 0.3) is 0 Å². The summed E-state index contributed by atoms with van der Waals surface area (Å²) in [6.45, 7) is 7.98. The molecule has 0 saturated carbocycles. The van der Waals surface area contributed by atoms with E-state index in [1.807, 2.05) is 70.2 Å². The molecule has 2 aromatic carbocycles. The van der Waals surface area contributed by atoms with Gasteiger partial charge >= 0.3 is 0 Å². The van der Waals surface area contributed by atoms with E-state index in [4.69, 9.17) is 13.7 Å². The fourth-order valence-corrected chi connectivity index (χ4v) is 6.17. The Hall–Kier alpha value is -2.37. The van der Waals surface area contributed by atoms with Crippen LogP contribution in [0, 0.1) is 17.0 Å². The Balaban J connectivity index is 2.34. The number of nitro groups is 1. The molecule has 0 fully saturated rings. The zero-order chi connectivity index (χ0) is 21.2. The number of para-hydroxylation sites is 1. The van der Waals surface area contributed by atoms with Gasteiger partial charge in [-0.3, -0.25) is 10.1 Å². The van der Waals surface area contributed by atoms with Crippen LogP contribution in [0.5, 0.6) is 5.75 Å². The van der Waals surface area contributed by atoms with E-state index in [1.165, 1.54) is 12.1 Å². The lowest BCUT2D eigenvalue weighted by molar-refractivity contribution is -0.384. The first-order chi connectivity index (χ1) is 13.6. The van der Waals surface area contributed by atoms with Crippen LogP contribution in [0.1, 0.15) is 26.5 Å². The lowest BCUT2D eigenvalue weighted by Crippen LogP contribution is -2.26. The van der Waals surface area contributed by atoms with Gasteiger partial charge in [-0.25, -0.2) is 4.74 Å². The molecule has 152 valence electrons. The molecule has 0 amide bonds. The van der Waals surface area contributed by atoms with Crippen LogP contribution in [0.2, 0.25) is 0 Å². The van der Waals surface area contributed by atoms with Crippen molar-refractivity contribution in [3.05, 3.63) is 81.0 Å². The van der Waals surface area contributed by atoms with Crippen LogP contribution >= 0.6 is 23.2 Å².